The third kappa shape index (κ3) is 2.22. The molecule has 114 valence electrons. The first-order valence-corrected chi connectivity index (χ1v) is 7.65. The minimum Gasteiger partial charge on any atom is -0.493 e. The fourth-order valence-corrected chi connectivity index (χ4v) is 3.66. The average molecular weight is 289 g/mol. The van der Waals surface area contributed by atoms with Crippen LogP contribution in [0.1, 0.15) is 42.1 Å². The van der Waals surface area contributed by atoms with Gasteiger partial charge in [0.15, 0.2) is 17.3 Å². The molecule has 4 nitrogen and oxygen atoms in total. The van der Waals surface area contributed by atoms with Crippen LogP contribution in [0.3, 0.4) is 0 Å². The minimum atomic E-state index is -0.403. The van der Waals surface area contributed by atoms with Gasteiger partial charge in [0, 0.05) is 5.56 Å². The highest BCUT2D eigenvalue weighted by atomic mass is 16.5. The van der Waals surface area contributed by atoms with E-state index in [1.54, 1.807) is 14.2 Å². The Morgan fingerprint density at radius 2 is 1.67 bits per heavy atom. The first-order chi connectivity index (χ1) is 10.1. The van der Waals surface area contributed by atoms with Gasteiger partial charge in [-0.2, -0.15) is 0 Å². The van der Waals surface area contributed by atoms with Crippen LogP contribution in [0.4, 0.5) is 0 Å². The van der Waals surface area contributed by atoms with Gasteiger partial charge in [-0.15, -0.1) is 0 Å². The van der Waals surface area contributed by atoms with Gasteiger partial charge >= 0.3 is 0 Å². The first-order valence-electron chi connectivity index (χ1n) is 7.65. The number of ether oxygens (including phenoxy) is 2. The highest BCUT2D eigenvalue weighted by molar-refractivity contribution is 6.08. The highest BCUT2D eigenvalue weighted by Gasteiger charge is 2.46. The minimum absolute atomic E-state index is 0.223. The van der Waals surface area contributed by atoms with Gasteiger partial charge in [0.2, 0.25) is 0 Å². The summed E-state index contributed by atoms with van der Waals surface area (Å²) < 4.78 is 10.7. The molecule has 1 fully saturated rings. The number of ketones is 1. The maximum atomic E-state index is 12.9. The van der Waals surface area contributed by atoms with Gasteiger partial charge < -0.3 is 9.47 Å². The molecular weight excluding hydrogens is 266 g/mol. The Morgan fingerprint density at radius 3 is 2.29 bits per heavy atom. The van der Waals surface area contributed by atoms with Crippen LogP contribution in [0.25, 0.3) is 0 Å². The normalized spacial score (nSPS) is 25.8. The third-order valence-electron chi connectivity index (χ3n) is 4.93. The van der Waals surface area contributed by atoms with Crippen LogP contribution in [0.15, 0.2) is 12.1 Å². The summed E-state index contributed by atoms with van der Waals surface area (Å²) in [6, 6.07) is 3.80. The summed E-state index contributed by atoms with van der Waals surface area (Å²) >= 11 is 0. The monoisotopic (exact) mass is 289 g/mol. The number of carbonyl (C=O) groups is 1. The van der Waals surface area contributed by atoms with Crippen molar-refractivity contribution in [3.63, 3.8) is 0 Å². The van der Waals surface area contributed by atoms with E-state index in [-0.39, 0.29) is 5.78 Å². The van der Waals surface area contributed by atoms with E-state index in [0.29, 0.717) is 11.5 Å². The molecule has 0 aromatic heterocycles. The molecule has 1 aromatic carbocycles. The zero-order valence-electron chi connectivity index (χ0n) is 13.1. The molecule has 0 spiro atoms. The van der Waals surface area contributed by atoms with Crippen molar-refractivity contribution in [3.05, 3.63) is 23.3 Å². The molecule has 0 bridgehead atoms. The van der Waals surface area contributed by atoms with Gasteiger partial charge in [0.05, 0.1) is 19.8 Å². The van der Waals surface area contributed by atoms with E-state index in [2.05, 4.69) is 11.8 Å². The van der Waals surface area contributed by atoms with Crippen molar-refractivity contribution in [2.45, 2.75) is 38.1 Å². The Balaban J connectivity index is 1.97. The Labute approximate surface area is 126 Å². The molecule has 4 heteroatoms. The van der Waals surface area contributed by atoms with Crippen molar-refractivity contribution in [1.29, 1.82) is 0 Å². The molecule has 2 aliphatic rings. The fourth-order valence-electron chi connectivity index (χ4n) is 3.66. The molecule has 1 unspecified atom stereocenters. The molecule has 1 aliphatic carbocycles. The van der Waals surface area contributed by atoms with E-state index >= 15 is 0 Å². The number of hydrogen-bond donors (Lipinski definition) is 0. The van der Waals surface area contributed by atoms with Crippen LogP contribution in [0.5, 0.6) is 11.5 Å². The molecule has 1 aromatic rings. The lowest BCUT2D eigenvalue weighted by atomic mass is 9.92. The van der Waals surface area contributed by atoms with Gasteiger partial charge in [-0.05, 0) is 57.0 Å². The van der Waals surface area contributed by atoms with Gasteiger partial charge in [-0.25, -0.2) is 0 Å². The molecule has 3 rings (SSSR count). The lowest BCUT2D eigenvalue weighted by Gasteiger charge is -2.39. The van der Waals surface area contributed by atoms with Gasteiger partial charge in [-0.3, -0.25) is 9.69 Å². The predicted octanol–water partition coefficient (Wildman–Crippen LogP) is 2.69. The molecule has 0 amide bonds. The Bertz CT molecular complexity index is 563. The zero-order valence-corrected chi connectivity index (χ0v) is 13.1. The van der Waals surface area contributed by atoms with Crippen molar-refractivity contribution in [1.82, 2.24) is 4.90 Å². The molecule has 1 atom stereocenters. The number of rotatable bonds is 3. The third-order valence-corrected chi connectivity index (χ3v) is 4.93. The summed E-state index contributed by atoms with van der Waals surface area (Å²) in [5, 5.41) is 0. The largest absolute Gasteiger partial charge is 0.493 e. The molecular formula is C17H23NO3. The maximum absolute atomic E-state index is 12.9. The molecule has 21 heavy (non-hydrogen) atoms. The van der Waals surface area contributed by atoms with Crippen LogP contribution in [0.2, 0.25) is 0 Å². The fraction of sp³-hybridized carbons (Fsp3) is 0.588. The van der Waals surface area contributed by atoms with Crippen LogP contribution in [-0.2, 0) is 6.42 Å². The summed E-state index contributed by atoms with van der Waals surface area (Å²) in [5.74, 6) is 1.56. The van der Waals surface area contributed by atoms with Crippen molar-refractivity contribution < 1.29 is 14.3 Å². The number of piperidine rings is 1. The molecule has 0 radical (unpaired) electrons. The summed E-state index contributed by atoms with van der Waals surface area (Å²) in [5.41, 5.74) is 1.46. The lowest BCUT2D eigenvalue weighted by molar-refractivity contribution is 0.0563. The van der Waals surface area contributed by atoms with Crippen LogP contribution in [0, 0.1) is 0 Å². The van der Waals surface area contributed by atoms with Crippen LogP contribution < -0.4 is 9.47 Å². The van der Waals surface area contributed by atoms with E-state index in [4.69, 9.17) is 9.47 Å². The maximum Gasteiger partial charge on any atom is 0.183 e. The van der Waals surface area contributed by atoms with Crippen LogP contribution in [-0.4, -0.2) is 43.5 Å². The second kappa shape index (κ2) is 5.34. The number of likely N-dealkylation sites (tertiary alicyclic amines) is 1. The van der Waals surface area contributed by atoms with Crippen molar-refractivity contribution in [2.75, 3.05) is 27.3 Å². The summed E-state index contributed by atoms with van der Waals surface area (Å²) in [4.78, 5) is 15.3. The van der Waals surface area contributed by atoms with Gasteiger partial charge in [0.1, 0.15) is 0 Å². The zero-order chi connectivity index (χ0) is 15.0. The number of hydrogen-bond acceptors (Lipinski definition) is 4. The van der Waals surface area contributed by atoms with Crippen molar-refractivity contribution in [3.8, 4) is 11.5 Å². The van der Waals surface area contributed by atoms with Gasteiger partial charge in [0.25, 0.3) is 0 Å². The Hall–Kier alpha value is -1.55. The predicted molar refractivity (Wildman–Crippen MR) is 81.4 cm³/mol. The van der Waals surface area contributed by atoms with Crippen molar-refractivity contribution in [2.24, 2.45) is 0 Å². The summed E-state index contributed by atoms with van der Waals surface area (Å²) in [7, 11) is 3.23. The quantitative estimate of drug-likeness (QED) is 0.857. The average Bonchev–Trinajstić information content (AvgIpc) is 2.79. The second-order valence-electron chi connectivity index (χ2n) is 6.19. The van der Waals surface area contributed by atoms with E-state index in [1.807, 2.05) is 12.1 Å². The topological polar surface area (TPSA) is 38.8 Å². The van der Waals surface area contributed by atoms with E-state index in [9.17, 15) is 4.79 Å². The molecule has 0 saturated carbocycles. The standard InChI is InChI=1S/C17H23NO3/c1-17(18-7-5-4-6-8-18)11-12-9-14(20-2)15(21-3)10-13(12)16(17)19/h9-10H,4-8,11H2,1-3H3. The first kappa shape index (κ1) is 14.4. The number of carbonyl (C=O) groups excluding carboxylic acids is 1. The van der Waals surface area contributed by atoms with E-state index < -0.39 is 5.54 Å². The van der Waals surface area contributed by atoms with Crippen LogP contribution >= 0.6 is 0 Å². The van der Waals surface area contributed by atoms with E-state index in [0.717, 1.165) is 30.6 Å². The summed E-state index contributed by atoms with van der Waals surface area (Å²) in [6.45, 7) is 4.12. The molecule has 0 N–H and O–H groups in total. The summed E-state index contributed by atoms with van der Waals surface area (Å²) in [6.07, 6.45) is 4.41. The number of Topliss-reactive ketones (excluding diaryl/α,β-unsaturated/α-hetero) is 1. The number of nitrogens with zero attached hydrogens (tertiary/aromatic N) is 1. The van der Waals surface area contributed by atoms with Gasteiger partial charge in [-0.1, -0.05) is 6.42 Å². The second-order valence-corrected chi connectivity index (χ2v) is 6.19. The van der Waals surface area contributed by atoms with Crippen molar-refractivity contribution >= 4 is 5.78 Å². The number of methoxy groups -OCH3 is 2. The van der Waals surface area contributed by atoms with E-state index in [1.165, 1.54) is 19.3 Å². The SMILES string of the molecule is COc1cc2c(cc1OC)C(=O)C(C)(N1CCCCC1)C2. The number of benzene rings is 1. The highest BCUT2D eigenvalue weighted by Crippen LogP contribution is 2.41. The Morgan fingerprint density at radius 1 is 1.05 bits per heavy atom. The Kier molecular flexibility index (Phi) is 3.66. The lowest BCUT2D eigenvalue weighted by Crippen LogP contribution is -2.53. The molecule has 1 aliphatic heterocycles. The smallest absolute Gasteiger partial charge is 0.183 e. The number of fused-ring (bicyclic) bond motifs is 1. The molecule has 1 saturated heterocycles. The molecule has 1 heterocycles.